The largest absolute Gasteiger partial charge is 0.480 e. The SMILES string of the molecule is CCS(=O)(=O)CCC(NC(=O)c1ccc(Cl)cc1Cl)C(=O)O. The monoisotopic (exact) mass is 367 g/mol. The fourth-order valence-corrected chi connectivity index (χ4v) is 2.99. The van der Waals surface area contributed by atoms with Crippen LogP contribution in [0.15, 0.2) is 18.2 Å². The molecule has 122 valence electrons. The molecule has 1 atom stereocenters. The number of halogens is 2. The summed E-state index contributed by atoms with van der Waals surface area (Å²) in [5, 5.41) is 11.8. The average Bonchev–Trinajstić information content (AvgIpc) is 2.42. The summed E-state index contributed by atoms with van der Waals surface area (Å²) < 4.78 is 22.9. The van der Waals surface area contributed by atoms with Gasteiger partial charge in [0, 0.05) is 10.8 Å². The number of carbonyl (C=O) groups is 2. The molecule has 9 heteroatoms. The van der Waals surface area contributed by atoms with Crippen molar-refractivity contribution in [2.75, 3.05) is 11.5 Å². The van der Waals surface area contributed by atoms with Gasteiger partial charge in [-0.1, -0.05) is 30.1 Å². The first-order valence-electron chi connectivity index (χ1n) is 6.35. The number of hydrogen-bond acceptors (Lipinski definition) is 4. The van der Waals surface area contributed by atoms with Crippen molar-refractivity contribution in [3.63, 3.8) is 0 Å². The summed E-state index contributed by atoms with van der Waals surface area (Å²) in [5.41, 5.74) is 0.0654. The van der Waals surface area contributed by atoms with Crippen molar-refractivity contribution in [3.05, 3.63) is 33.8 Å². The maximum absolute atomic E-state index is 12.0. The Hall–Kier alpha value is -1.31. The van der Waals surface area contributed by atoms with Crippen molar-refractivity contribution < 1.29 is 23.1 Å². The van der Waals surface area contributed by atoms with Gasteiger partial charge in [0.25, 0.3) is 5.91 Å². The maximum Gasteiger partial charge on any atom is 0.326 e. The molecule has 1 unspecified atom stereocenters. The number of amides is 1. The Morgan fingerprint density at radius 3 is 2.45 bits per heavy atom. The fourth-order valence-electron chi connectivity index (χ4n) is 1.61. The van der Waals surface area contributed by atoms with Gasteiger partial charge in [0.05, 0.1) is 16.3 Å². The highest BCUT2D eigenvalue weighted by Gasteiger charge is 2.23. The highest BCUT2D eigenvalue weighted by molar-refractivity contribution is 7.91. The second kappa shape index (κ2) is 7.80. The first-order valence-corrected chi connectivity index (χ1v) is 8.93. The standard InChI is InChI=1S/C13H15Cl2NO5S/c1-2-22(20,21)6-5-11(13(18)19)16-12(17)9-4-3-8(14)7-10(9)15/h3-4,7,11H,2,5-6H2,1H3,(H,16,17)(H,18,19). The van der Waals surface area contributed by atoms with Crippen molar-refractivity contribution in [1.29, 1.82) is 0 Å². The molecule has 0 aliphatic carbocycles. The number of rotatable bonds is 7. The summed E-state index contributed by atoms with van der Waals surface area (Å²) >= 11 is 11.6. The fraction of sp³-hybridized carbons (Fsp3) is 0.385. The molecule has 1 aromatic rings. The van der Waals surface area contributed by atoms with E-state index >= 15 is 0 Å². The van der Waals surface area contributed by atoms with Crippen molar-refractivity contribution in [2.45, 2.75) is 19.4 Å². The number of benzene rings is 1. The van der Waals surface area contributed by atoms with E-state index in [1.54, 1.807) is 0 Å². The first kappa shape index (κ1) is 18.7. The third-order valence-corrected chi connectivity index (χ3v) is 5.22. The molecule has 0 radical (unpaired) electrons. The van der Waals surface area contributed by atoms with Crippen LogP contribution in [0.1, 0.15) is 23.7 Å². The number of carbonyl (C=O) groups excluding carboxylic acids is 1. The van der Waals surface area contributed by atoms with Crippen LogP contribution >= 0.6 is 23.2 Å². The predicted molar refractivity (Wildman–Crippen MR) is 84.3 cm³/mol. The summed E-state index contributed by atoms with van der Waals surface area (Å²) in [5.74, 6) is -2.43. The molecule has 0 saturated heterocycles. The Balaban J connectivity index is 2.82. The Labute approximate surface area is 138 Å². The lowest BCUT2D eigenvalue weighted by Gasteiger charge is -2.15. The van der Waals surface area contributed by atoms with E-state index in [1.807, 2.05) is 0 Å². The van der Waals surface area contributed by atoms with Crippen LogP contribution in [-0.2, 0) is 14.6 Å². The lowest BCUT2D eigenvalue weighted by atomic mass is 10.1. The Bertz CT molecular complexity index is 675. The molecule has 6 nitrogen and oxygen atoms in total. The van der Waals surface area contributed by atoms with Gasteiger partial charge < -0.3 is 10.4 Å². The molecule has 1 aromatic carbocycles. The molecule has 2 N–H and O–H groups in total. The first-order chi connectivity index (χ1) is 10.2. The Kier molecular flexibility index (Phi) is 6.65. The van der Waals surface area contributed by atoms with E-state index in [2.05, 4.69) is 5.32 Å². The highest BCUT2D eigenvalue weighted by atomic mass is 35.5. The second-order valence-corrected chi connectivity index (χ2v) is 7.83. The van der Waals surface area contributed by atoms with E-state index < -0.39 is 27.8 Å². The Morgan fingerprint density at radius 2 is 1.95 bits per heavy atom. The van der Waals surface area contributed by atoms with Crippen molar-refractivity contribution in [1.82, 2.24) is 5.32 Å². The van der Waals surface area contributed by atoms with Gasteiger partial charge >= 0.3 is 5.97 Å². The van der Waals surface area contributed by atoms with Crippen LogP contribution in [-0.4, -0.2) is 42.9 Å². The molecular formula is C13H15Cl2NO5S. The summed E-state index contributed by atoms with van der Waals surface area (Å²) in [6, 6.07) is 2.84. The molecule has 0 aliphatic rings. The van der Waals surface area contributed by atoms with Crippen LogP contribution < -0.4 is 5.32 Å². The molecule has 0 heterocycles. The number of carboxylic acid groups (broad SMARTS) is 1. The van der Waals surface area contributed by atoms with Crippen LogP contribution in [0.25, 0.3) is 0 Å². The molecule has 0 saturated carbocycles. The minimum Gasteiger partial charge on any atom is -0.480 e. The molecule has 0 fully saturated rings. The molecule has 0 bridgehead atoms. The highest BCUT2D eigenvalue weighted by Crippen LogP contribution is 2.21. The summed E-state index contributed by atoms with van der Waals surface area (Å²) in [7, 11) is -3.32. The van der Waals surface area contributed by atoms with E-state index in [0.717, 1.165) is 0 Å². The predicted octanol–water partition coefficient (Wildman–Crippen LogP) is 2.00. The zero-order chi connectivity index (χ0) is 16.9. The van der Waals surface area contributed by atoms with E-state index in [9.17, 15) is 18.0 Å². The van der Waals surface area contributed by atoms with E-state index in [1.165, 1.54) is 25.1 Å². The van der Waals surface area contributed by atoms with E-state index in [-0.39, 0.29) is 28.5 Å². The molecule has 0 aliphatic heterocycles. The summed E-state index contributed by atoms with van der Waals surface area (Å²) in [6.07, 6.45) is -0.220. The van der Waals surface area contributed by atoms with Gasteiger partial charge in [0.1, 0.15) is 15.9 Å². The number of sulfone groups is 1. The number of hydrogen-bond donors (Lipinski definition) is 2. The smallest absolute Gasteiger partial charge is 0.326 e. The summed E-state index contributed by atoms with van der Waals surface area (Å²) in [6.45, 7) is 1.47. The molecule has 0 aromatic heterocycles. The molecule has 22 heavy (non-hydrogen) atoms. The number of carboxylic acids is 1. The molecule has 0 spiro atoms. The number of aliphatic carboxylic acids is 1. The average molecular weight is 368 g/mol. The van der Waals surface area contributed by atoms with Gasteiger partial charge in [0.2, 0.25) is 0 Å². The van der Waals surface area contributed by atoms with Gasteiger partial charge in [-0.25, -0.2) is 13.2 Å². The second-order valence-electron chi connectivity index (χ2n) is 4.51. The minimum atomic E-state index is -3.32. The topological polar surface area (TPSA) is 101 Å². The van der Waals surface area contributed by atoms with Crippen LogP contribution in [0.5, 0.6) is 0 Å². The van der Waals surface area contributed by atoms with Gasteiger partial charge in [0.15, 0.2) is 0 Å². The van der Waals surface area contributed by atoms with Crippen LogP contribution in [0.3, 0.4) is 0 Å². The molecule has 1 rings (SSSR count). The van der Waals surface area contributed by atoms with E-state index in [0.29, 0.717) is 5.02 Å². The molecular weight excluding hydrogens is 353 g/mol. The van der Waals surface area contributed by atoms with Crippen molar-refractivity contribution in [3.8, 4) is 0 Å². The lowest BCUT2D eigenvalue weighted by molar-refractivity contribution is -0.139. The van der Waals surface area contributed by atoms with Crippen LogP contribution in [0.2, 0.25) is 10.0 Å². The zero-order valence-electron chi connectivity index (χ0n) is 11.7. The van der Waals surface area contributed by atoms with E-state index in [4.69, 9.17) is 28.3 Å². The van der Waals surface area contributed by atoms with Gasteiger partial charge in [-0.2, -0.15) is 0 Å². The third kappa shape index (κ3) is 5.47. The third-order valence-electron chi connectivity index (χ3n) is 2.94. The van der Waals surface area contributed by atoms with Gasteiger partial charge in [-0.3, -0.25) is 4.79 Å². The normalized spacial score (nSPS) is 12.7. The lowest BCUT2D eigenvalue weighted by Crippen LogP contribution is -2.42. The minimum absolute atomic E-state index is 0.0654. The van der Waals surface area contributed by atoms with Crippen molar-refractivity contribution in [2.24, 2.45) is 0 Å². The zero-order valence-corrected chi connectivity index (χ0v) is 14.0. The quantitative estimate of drug-likeness (QED) is 0.767. The van der Waals surface area contributed by atoms with Gasteiger partial charge in [-0.05, 0) is 24.6 Å². The summed E-state index contributed by atoms with van der Waals surface area (Å²) in [4.78, 5) is 23.2. The van der Waals surface area contributed by atoms with Crippen molar-refractivity contribution >= 4 is 44.9 Å². The van der Waals surface area contributed by atoms with Crippen LogP contribution in [0, 0.1) is 0 Å². The van der Waals surface area contributed by atoms with Gasteiger partial charge in [-0.15, -0.1) is 0 Å². The van der Waals surface area contributed by atoms with Crippen LogP contribution in [0.4, 0.5) is 0 Å². The number of nitrogens with one attached hydrogen (secondary N) is 1. The maximum atomic E-state index is 12.0. The molecule has 1 amide bonds. The Morgan fingerprint density at radius 1 is 1.32 bits per heavy atom.